The first kappa shape index (κ1) is 16.9. The molecule has 3 nitrogen and oxygen atoms in total. The summed E-state index contributed by atoms with van der Waals surface area (Å²) in [6.07, 6.45) is 6.89. The summed E-state index contributed by atoms with van der Waals surface area (Å²) in [6.45, 7) is 3.35. The van der Waals surface area contributed by atoms with E-state index in [1.54, 1.807) is 11.3 Å². The van der Waals surface area contributed by atoms with Crippen LogP contribution in [0.15, 0.2) is 41.9 Å². The van der Waals surface area contributed by atoms with Crippen LogP contribution in [0.25, 0.3) is 32.6 Å². The molecule has 2 aromatic carbocycles. The molecule has 4 heteroatoms. The Kier molecular flexibility index (Phi) is 4.24. The first-order valence-electron chi connectivity index (χ1n) is 10.0. The Morgan fingerprint density at radius 3 is 2.78 bits per heavy atom. The highest BCUT2D eigenvalue weighted by molar-refractivity contribution is 7.17. The van der Waals surface area contributed by atoms with Gasteiger partial charge in [-0.2, -0.15) is 0 Å². The molecule has 0 aliphatic heterocycles. The van der Waals surface area contributed by atoms with Crippen molar-refractivity contribution in [3.8, 4) is 11.4 Å². The van der Waals surface area contributed by atoms with Crippen LogP contribution < -0.4 is 4.57 Å². The molecule has 2 heterocycles. The van der Waals surface area contributed by atoms with Crippen LogP contribution >= 0.6 is 11.3 Å². The molecule has 1 aliphatic rings. The molecule has 0 radical (unpaired) electrons. The van der Waals surface area contributed by atoms with E-state index < -0.39 is 0 Å². The quantitative estimate of drug-likeness (QED) is 0.425. The van der Waals surface area contributed by atoms with Crippen LogP contribution in [0.4, 0.5) is 0 Å². The monoisotopic (exact) mass is 376 g/mol. The van der Waals surface area contributed by atoms with Crippen molar-refractivity contribution in [3.63, 3.8) is 0 Å². The molecule has 1 saturated carbocycles. The second-order valence-corrected chi connectivity index (χ2v) is 8.80. The van der Waals surface area contributed by atoms with Gasteiger partial charge >= 0.3 is 0 Å². The van der Waals surface area contributed by atoms with Gasteiger partial charge in [-0.1, -0.05) is 37.5 Å². The third kappa shape index (κ3) is 2.78. The first-order valence-corrected chi connectivity index (χ1v) is 10.9. The third-order valence-corrected chi connectivity index (χ3v) is 7.06. The van der Waals surface area contributed by atoms with Crippen molar-refractivity contribution in [1.82, 2.24) is 9.55 Å². The molecule has 0 atom stereocenters. The highest BCUT2D eigenvalue weighted by Crippen LogP contribution is 2.36. The number of thiazole rings is 1. The largest absolute Gasteiger partial charge is 0.291 e. The Balaban J connectivity index is 1.78. The van der Waals surface area contributed by atoms with Gasteiger partial charge in [-0.15, -0.1) is 11.3 Å². The number of fused-ring (bicyclic) bond motifs is 2. The summed E-state index contributed by atoms with van der Waals surface area (Å²) in [4.78, 5) is 4.57. The van der Waals surface area contributed by atoms with E-state index in [1.807, 2.05) is 5.51 Å². The van der Waals surface area contributed by atoms with Gasteiger partial charge in [-0.05, 0) is 49.4 Å². The van der Waals surface area contributed by atoms with Gasteiger partial charge in [0.1, 0.15) is 0 Å². The number of hydrogen-bond donors (Lipinski definition) is 0. The maximum Gasteiger partial charge on any atom is 0.291 e. The minimum absolute atomic E-state index is 0.786. The van der Waals surface area contributed by atoms with Crippen LogP contribution in [-0.2, 0) is 13.6 Å². The lowest BCUT2D eigenvalue weighted by atomic mass is 9.89. The molecule has 0 saturated heterocycles. The molecule has 0 N–H and O–H groups in total. The van der Waals surface area contributed by atoms with Crippen LogP contribution in [0.1, 0.15) is 37.7 Å². The molecule has 4 aromatic rings. The average Bonchev–Trinajstić information content (AvgIpc) is 3.27. The Morgan fingerprint density at radius 1 is 1.11 bits per heavy atom. The van der Waals surface area contributed by atoms with Crippen LogP contribution in [0.3, 0.4) is 0 Å². The van der Waals surface area contributed by atoms with Crippen molar-refractivity contribution in [2.75, 3.05) is 0 Å². The number of rotatable bonds is 3. The van der Waals surface area contributed by atoms with Gasteiger partial charge < -0.3 is 0 Å². The fraction of sp³-hybridized carbons (Fsp3) is 0.391. The number of para-hydroxylation sites is 2. The molecule has 138 valence electrons. The lowest BCUT2D eigenvalue weighted by Crippen LogP contribution is -2.31. The molecule has 0 bridgehead atoms. The molecule has 27 heavy (non-hydrogen) atoms. The maximum absolute atomic E-state index is 4.57. The minimum atomic E-state index is 0.786. The summed E-state index contributed by atoms with van der Waals surface area (Å²) >= 11 is 1.76. The van der Waals surface area contributed by atoms with E-state index in [0.717, 1.165) is 18.0 Å². The van der Waals surface area contributed by atoms with Crippen LogP contribution in [-0.4, -0.2) is 9.55 Å². The topological polar surface area (TPSA) is 21.7 Å². The molecule has 1 aliphatic carbocycles. The second-order valence-electron chi connectivity index (χ2n) is 7.94. The van der Waals surface area contributed by atoms with E-state index in [0.29, 0.717) is 0 Å². The highest BCUT2D eigenvalue weighted by Gasteiger charge is 2.29. The van der Waals surface area contributed by atoms with Gasteiger partial charge in [0.05, 0.1) is 34.9 Å². The fourth-order valence-electron chi connectivity index (χ4n) is 4.81. The van der Waals surface area contributed by atoms with Gasteiger partial charge in [0, 0.05) is 0 Å². The number of hydrogen-bond acceptors (Lipinski definition) is 2. The van der Waals surface area contributed by atoms with Gasteiger partial charge in [0.2, 0.25) is 0 Å². The smallest absolute Gasteiger partial charge is 0.245 e. The van der Waals surface area contributed by atoms with Crippen molar-refractivity contribution >= 4 is 32.6 Å². The van der Waals surface area contributed by atoms with Crippen molar-refractivity contribution in [1.29, 1.82) is 0 Å². The first-order chi connectivity index (χ1) is 13.2. The molecule has 0 spiro atoms. The summed E-state index contributed by atoms with van der Waals surface area (Å²) in [6, 6.07) is 13.2. The van der Waals surface area contributed by atoms with E-state index in [4.69, 9.17) is 0 Å². The number of nitrogens with zero attached hydrogens (tertiary/aromatic N) is 3. The number of aryl methyl sites for hydroxylation is 2. The van der Waals surface area contributed by atoms with Crippen molar-refractivity contribution < 1.29 is 4.57 Å². The van der Waals surface area contributed by atoms with Gasteiger partial charge in [-0.25, -0.2) is 14.1 Å². The Bertz CT molecular complexity index is 1120. The SMILES string of the molecule is Cc1ccc2ncsc2c1-c1n(CC2CCCCC2)c2ccccc2[n+]1C. The third-order valence-electron chi connectivity index (χ3n) is 6.20. The van der Waals surface area contributed by atoms with E-state index in [1.165, 1.54) is 64.8 Å². The second kappa shape index (κ2) is 6.75. The summed E-state index contributed by atoms with van der Waals surface area (Å²) in [5, 5.41) is 0. The van der Waals surface area contributed by atoms with Crippen molar-refractivity contribution in [3.05, 3.63) is 47.5 Å². The van der Waals surface area contributed by atoms with Crippen LogP contribution in [0.5, 0.6) is 0 Å². The molecule has 2 aromatic heterocycles. The van der Waals surface area contributed by atoms with Crippen LogP contribution in [0.2, 0.25) is 0 Å². The molecule has 5 rings (SSSR count). The number of aromatic nitrogens is 3. The van der Waals surface area contributed by atoms with Gasteiger partial charge in [0.15, 0.2) is 11.0 Å². The van der Waals surface area contributed by atoms with Crippen molar-refractivity contribution in [2.24, 2.45) is 13.0 Å². The zero-order valence-corrected chi connectivity index (χ0v) is 16.9. The molecular formula is C23H26N3S+. The predicted octanol–water partition coefficient (Wildman–Crippen LogP) is 5.63. The molecule has 1 fully saturated rings. The highest BCUT2D eigenvalue weighted by atomic mass is 32.1. The van der Waals surface area contributed by atoms with E-state index in [9.17, 15) is 0 Å². The maximum atomic E-state index is 4.57. The Hall–Kier alpha value is -2.20. The normalized spacial score (nSPS) is 15.8. The van der Waals surface area contributed by atoms with Gasteiger partial charge in [0.25, 0.3) is 5.82 Å². The zero-order chi connectivity index (χ0) is 18.4. The minimum Gasteiger partial charge on any atom is -0.245 e. The Labute approximate surface area is 164 Å². The molecular weight excluding hydrogens is 350 g/mol. The number of imidazole rings is 1. The standard InChI is InChI=1S/C23H26N3S/c1-16-12-13-18-22(27-15-24-18)21(16)23-25(2)19-10-6-7-11-20(19)26(23)14-17-8-4-3-5-9-17/h6-7,10-13,15,17H,3-5,8-9,14H2,1-2H3/q+1. The van der Waals surface area contributed by atoms with E-state index in [2.05, 4.69) is 64.5 Å². The van der Waals surface area contributed by atoms with Crippen molar-refractivity contribution in [2.45, 2.75) is 45.6 Å². The van der Waals surface area contributed by atoms with E-state index in [-0.39, 0.29) is 0 Å². The van der Waals surface area contributed by atoms with Crippen LogP contribution in [0, 0.1) is 12.8 Å². The lowest BCUT2D eigenvalue weighted by Gasteiger charge is -2.20. The zero-order valence-electron chi connectivity index (χ0n) is 16.1. The summed E-state index contributed by atoms with van der Waals surface area (Å²) in [7, 11) is 2.22. The van der Waals surface area contributed by atoms with E-state index >= 15 is 0 Å². The lowest BCUT2D eigenvalue weighted by molar-refractivity contribution is -0.634. The average molecular weight is 377 g/mol. The summed E-state index contributed by atoms with van der Waals surface area (Å²) < 4.78 is 6.28. The predicted molar refractivity (Wildman–Crippen MR) is 113 cm³/mol. The molecule has 0 amide bonds. The summed E-state index contributed by atoms with van der Waals surface area (Å²) in [5.41, 5.74) is 8.42. The Morgan fingerprint density at radius 2 is 1.93 bits per heavy atom. The summed E-state index contributed by atoms with van der Waals surface area (Å²) in [5.74, 6) is 2.11. The van der Waals surface area contributed by atoms with Gasteiger partial charge in [-0.3, -0.25) is 0 Å². The fourth-order valence-corrected chi connectivity index (χ4v) is 5.69. The number of benzene rings is 2. The molecule has 0 unspecified atom stereocenters.